The summed E-state index contributed by atoms with van der Waals surface area (Å²) in [6.07, 6.45) is 4.56. The molecule has 18 heavy (non-hydrogen) atoms. The van der Waals surface area contributed by atoms with Gasteiger partial charge in [0, 0.05) is 0 Å². The molecule has 0 amide bonds. The number of halogens is 3. The van der Waals surface area contributed by atoms with Crippen LogP contribution in [0.5, 0.6) is 0 Å². The predicted molar refractivity (Wildman–Crippen MR) is 66.2 cm³/mol. The molecular weight excluding hydrogens is 241 g/mol. The molecule has 1 aliphatic carbocycles. The summed E-state index contributed by atoms with van der Waals surface area (Å²) in [6, 6.07) is 0. The summed E-state index contributed by atoms with van der Waals surface area (Å²) in [5, 5.41) is 9.06. The lowest BCUT2D eigenvalue weighted by atomic mass is 10.0. The van der Waals surface area contributed by atoms with Crippen LogP contribution >= 0.6 is 0 Å². The fraction of sp³-hybridized carbons (Fsp3) is 0.857. The molecule has 0 heterocycles. The molecule has 0 unspecified atom stereocenters. The van der Waals surface area contributed by atoms with Gasteiger partial charge in [0.1, 0.15) is 0 Å². The summed E-state index contributed by atoms with van der Waals surface area (Å²) in [5.74, 6) is -0.990. The summed E-state index contributed by atoms with van der Waals surface area (Å²) in [5.41, 5.74) is 0. The SMILES string of the molecule is C[C@@H](O)CCCC/C=C/[C@H]1CC[C@@H](C(F)(F)F)C1. The first kappa shape index (κ1) is 15.5. The number of aliphatic hydroxyl groups excluding tert-OH is 1. The Bertz CT molecular complexity index is 258. The zero-order valence-electron chi connectivity index (χ0n) is 10.9. The number of unbranched alkanes of at least 4 members (excludes halogenated alkanes) is 2. The lowest BCUT2D eigenvalue weighted by Crippen LogP contribution is -2.19. The lowest BCUT2D eigenvalue weighted by molar-refractivity contribution is -0.172. The van der Waals surface area contributed by atoms with Gasteiger partial charge >= 0.3 is 6.18 Å². The van der Waals surface area contributed by atoms with E-state index in [1.165, 1.54) is 0 Å². The summed E-state index contributed by atoms with van der Waals surface area (Å²) in [4.78, 5) is 0. The highest BCUT2D eigenvalue weighted by Gasteiger charge is 2.43. The first-order valence-electron chi connectivity index (χ1n) is 6.81. The van der Waals surface area contributed by atoms with E-state index in [0.717, 1.165) is 25.7 Å². The van der Waals surface area contributed by atoms with Gasteiger partial charge in [0.25, 0.3) is 0 Å². The minimum Gasteiger partial charge on any atom is -0.393 e. The van der Waals surface area contributed by atoms with Gasteiger partial charge in [-0.05, 0) is 51.4 Å². The maximum Gasteiger partial charge on any atom is 0.391 e. The molecule has 1 N–H and O–H groups in total. The standard InChI is InChI=1S/C14H23F3O/c1-11(18)6-4-2-3-5-7-12-8-9-13(10-12)14(15,16)17/h5,7,11-13,18H,2-4,6,8-10H2,1H3/b7-5+/t11-,12+,13-/m1/s1. The van der Waals surface area contributed by atoms with Gasteiger partial charge in [-0.3, -0.25) is 0 Å². The number of hydrogen-bond donors (Lipinski definition) is 1. The average Bonchev–Trinajstić information content (AvgIpc) is 2.71. The van der Waals surface area contributed by atoms with Crippen molar-refractivity contribution in [3.63, 3.8) is 0 Å². The first-order valence-corrected chi connectivity index (χ1v) is 6.81. The van der Waals surface area contributed by atoms with Crippen molar-refractivity contribution in [3.8, 4) is 0 Å². The molecule has 1 aliphatic rings. The van der Waals surface area contributed by atoms with E-state index < -0.39 is 12.1 Å². The molecular formula is C14H23F3O. The summed E-state index contributed by atoms with van der Waals surface area (Å²) in [7, 11) is 0. The molecule has 106 valence electrons. The minimum absolute atomic E-state index is 0.105. The van der Waals surface area contributed by atoms with Crippen LogP contribution in [-0.2, 0) is 0 Å². The molecule has 0 aromatic heterocycles. The highest BCUT2D eigenvalue weighted by atomic mass is 19.4. The highest BCUT2D eigenvalue weighted by Crippen LogP contribution is 2.42. The Hall–Kier alpha value is -0.510. The summed E-state index contributed by atoms with van der Waals surface area (Å²) < 4.78 is 37.4. The third-order valence-electron chi connectivity index (χ3n) is 3.59. The van der Waals surface area contributed by atoms with Crippen molar-refractivity contribution in [2.45, 2.75) is 64.1 Å². The van der Waals surface area contributed by atoms with Crippen molar-refractivity contribution < 1.29 is 18.3 Å². The largest absolute Gasteiger partial charge is 0.393 e. The van der Waals surface area contributed by atoms with Crippen LogP contribution in [0, 0.1) is 11.8 Å². The van der Waals surface area contributed by atoms with Gasteiger partial charge in [-0.2, -0.15) is 13.2 Å². The Morgan fingerprint density at radius 3 is 2.56 bits per heavy atom. The molecule has 0 saturated heterocycles. The number of rotatable bonds is 6. The Morgan fingerprint density at radius 2 is 2.00 bits per heavy atom. The van der Waals surface area contributed by atoms with Crippen molar-refractivity contribution in [2.75, 3.05) is 0 Å². The van der Waals surface area contributed by atoms with Gasteiger partial charge in [0.2, 0.25) is 0 Å². The second-order valence-electron chi connectivity index (χ2n) is 5.37. The Morgan fingerprint density at radius 1 is 1.28 bits per heavy atom. The third-order valence-corrected chi connectivity index (χ3v) is 3.59. The third kappa shape index (κ3) is 5.89. The summed E-state index contributed by atoms with van der Waals surface area (Å²) in [6.45, 7) is 1.77. The quantitative estimate of drug-likeness (QED) is 0.554. The van der Waals surface area contributed by atoms with Gasteiger partial charge in [0.05, 0.1) is 12.0 Å². The Balaban J connectivity index is 2.13. The maximum atomic E-state index is 12.5. The smallest absolute Gasteiger partial charge is 0.391 e. The van der Waals surface area contributed by atoms with Crippen molar-refractivity contribution in [1.29, 1.82) is 0 Å². The van der Waals surface area contributed by atoms with Crippen LogP contribution in [0.15, 0.2) is 12.2 Å². The molecule has 0 aromatic rings. The van der Waals surface area contributed by atoms with Crippen LogP contribution < -0.4 is 0 Å². The molecule has 0 radical (unpaired) electrons. The highest BCUT2D eigenvalue weighted by molar-refractivity contribution is 4.94. The molecule has 0 aromatic carbocycles. The monoisotopic (exact) mass is 264 g/mol. The maximum absolute atomic E-state index is 12.5. The van der Waals surface area contributed by atoms with E-state index in [2.05, 4.69) is 0 Å². The fourth-order valence-electron chi connectivity index (χ4n) is 2.48. The fourth-order valence-corrected chi connectivity index (χ4v) is 2.48. The molecule has 1 rings (SSSR count). The normalized spacial score (nSPS) is 26.9. The van der Waals surface area contributed by atoms with E-state index in [0.29, 0.717) is 6.42 Å². The summed E-state index contributed by atoms with van der Waals surface area (Å²) >= 11 is 0. The topological polar surface area (TPSA) is 20.2 Å². The molecule has 0 bridgehead atoms. The van der Waals surface area contributed by atoms with E-state index in [9.17, 15) is 13.2 Å². The number of aliphatic hydroxyl groups is 1. The Labute approximate surface area is 107 Å². The average molecular weight is 264 g/mol. The lowest BCUT2D eigenvalue weighted by Gasteiger charge is -2.13. The van der Waals surface area contributed by atoms with Crippen molar-refractivity contribution in [2.24, 2.45) is 11.8 Å². The molecule has 0 aliphatic heterocycles. The second kappa shape index (κ2) is 7.17. The molecule has 1 nitrogen and oxygen atoms in total. The van der Waals surface area contributed by atoms with E-state index in [1.54, 1.807) is 6.92 Å². The number of hydrogen-bond acceptors (Lipinski definition) is 1. The van der Waals surface area contributed by atoms with Crippen LogP contribution in [0.25, 0.3) is 0 Å². The zero-order valence-corrected chi connectivity index (χ0v) is 10.9. The van der Waals surface area contributed by atoms with E-state index in [4.69, 9.17) is 5.11 Å². The van der Waals surface area contributed by atoms with Crippen LogP contribution in [0.3, 0.4) is 0 Å². The zero-order chi connectivity index (χ0) is 13.6. The van der Waals surface area contributed by atoms with Gasteiger partial charge in [-0.15, -0.1) is 0 Å². The molecule has 4 heteroatoms. The second-order valence-corrected chi connectivity index (χ2v) is 5.37. The van der Waals surface area contributed by atoms with Crippen LogP contribution in [0.1, 0.15) is 51.9 Å². The van der Waals surface area contributed by atoms with Crippen LogP contribution in [-0.4, -0.2) is 17.4 Å². The molecule has 1 saturated carbocycles. The van der Waals surface area contributed by atoms with Gasteiger partial charge < -0.3 is 5.11 Å². The van der Waals surface area contributed by atoms with Crippen molar-refractivity contribution >= 4 is 0 Å². The van der Waals surface area contributed by atoms with Crippen molar-refractivity contribution in [3.05, 3.63) is 12.2 Å². The van der Waals surface area contributed by atoms with Crippen LogP contribution in [0.4, 0.5) is 13.2 Å². The first-order chi connectivity index (χ1) is 8.39. The van der Waals surface area contributed by atoms with Crippen molar-refractivity contribution in [1.82, 2.24) is 0 Å². The number of allylic oxidation sites excluding steroid dienone is 2. The van der Waals surface area contributed by atoms with E-state index in [-0.39, 0.29) is 24.9 Å². The van der Waals surface area contributed by atoms with Gasteiger partial charge in [-0.25, -0.2) is 0 Å². The molecule has 1 fully saturated rings. The van der Waals surface area contributed by atoms with E-state index >= 15 is 0 Å². The van der Waals surface area contributed by atoms with E-state index in [1.807, 2.05) is 12.2 Å². The number of alkyl halides is 3. The van der Waals surface area contributed by atoms with Gasteiger partial charge in [0.15, 0.2) is 0 Å². The van der Waals surface area contributed by atoms with Crippen LogP contribution in [0.2, 0.25) is 0 Å². The Kier molecular flexibility index (Phi) is 6.19. The molecule has 0 spiro atoms. The molecule has 3 atom stereocenters. The van der Waals surface area contributed by atoms with Gasteiger partial charge in [-0.1, -0.05) is 18.6 Å². The predicted octanol–water partition coefficient (Wildman–Crippen LogP) is 4.46. The minimum atomic E-state index is -4.01.